The summed E-state index contributed by atoms with van der Waals surface area (Å²) in [6, 6.07) is 11.9. The maximum atomic E-state index is 12.4. The van der Waals surface area contributed by atoms with Crippen LogP contribution in [0, 0.1) is 11.3 Å². The van der Waals surface area contributed by atoms with E-state index < -0.39 is 17.9 Å². The molecule has 1 unspecified atom stereocenters. The lowest BCUT2D eigenvalue weighted by Gasteiger charge is -2.08. The van der Waals surface area contributed by atoms with Crippen molar-refractivity contribution in [2.45, 2.75) is 12.1 Å². The van der Waals surface area contributed by atoms with Crippen LogP contribution < -0.4 is 0 Å². The Kier molecular flexibility index (Phi) is 3.91. The number of carbonyl (C=O) groups excluding carboxylic acids is 1. The molecule has 0 aliphatic carbocycles. The molecule has 0 aliphatic rings. The molecule has 0 radical (unpaired) electrons. The van der Waals surface area contributed by atoms with Gasteiger partial charge in [0.05, 0.1) is 6.07 Å². The molecule has 0 spiro atoms. The lowest BCUT2D eigenvalue weighted by molar-refractivity contribution is -0.171. The minimum Gasteiger partial charge on any atom is -0.288 e. The zero-order valence-electron chi connectivity index (χ0n) is 10.0. The van der Waals surface area contributed by atoms with E-state index in [0.717, 1.165) is 16.9 Å². The number of carbonyl (C=O) groups is 1. The first-order valence-electron chi connectivity index (χ1n) is 5.58. The minimum absolute atomic E-state index is 0.105. The third-order valence-electron chi connectivity index (χ3n) is 2.68. The number of nitriles is 1. The van der Waals surface area contributed by atoms with Crippen LogP contribution in [-0.2, 0) is 4.79 Å². The van der Waals surface area contributed by atoms with Crippen molar-refractivity contribution in [3.8, 4) is 17.2 Å². The second-order valence-corrected chi connectivity index (χ2v) is 4.97. The number of rotatable bonds is 3. The zero-order chi connectivity index (χ0) is 14.8. The first kappa shape index (κ1) is 14.3. The van der Waals surface area contributed by atoms with Gasteiger partial charge in [-0.15, -0.1) is 11.3 Å². The summed E-state index contributed by atoms with van der Waals surface area (Å²) >= 11 is 0.978. The second kappa shape index (κ2) is 5.47. The van der Waals surface area contributed by atoms with Crippen LogP contribution in [0.15, 0.2) is 41.8 Å². The van der Waals surface area contributed by atoms with Gasteiger partial charge in [0.1, 0.15) is 5.92 Å². The van der Waals surface area contributed by atoms with Gasteiger partial charge >= 0.3 is 6.18 Å². The number of hydrogen-bond donors (Lipinski definition) is 0. The molecule has 0 saturated heterocycles. The lowest BCUT2D eigenvalue weighted by atomic mass is 10.0. The normalized spacial score (nSPS) is 12.7. The average Bonchev–Trinajstić information content (AvgIpc) is 2.89. The Hall–Kier alpha value is -2.13. The summed E-state index contributed by atoms with van der Waals surface area (Å²) in [6.45, 7) is 0. The van der Waals surface area contributed by atoms with Crippen molar-refractivity contribution in [1.29, 1.82) is 5.26 Å². The van der Waals surface area contributed by atoms with Crippen LogP contribution in [0.4, 0.5) is 13.2 Å². The summed E-state index contributed by atoms with van der Waals surface area (Å²) in [7, 11) is 0. The van der Waals surface area contributed by atoms with Crippen LogP contribution in [0.1, 0.15) is 10.8 Å². The predicted molar refractivity (Wildman–Crippen MR) is 69.2 cm³/mol. The summed E-state index contributed by atoms with van der Waals surface area (Å²) in [5, 5.41) is 10.5. The number of nitrogens with zero attached hydrogens (tertiary/aromatic N) is 1. The summed E-state index contributed by atoms with van der Waals surface area (Å²) in [4.78, 5) is 11.3. The standard InChI is InChI=1S/C14H8F3NOS/c15-14(16,17)13(19)11(7-18)12-6-10(8-20-12)9-4-2-1-3-5-9/h1-6,8,11H. The number of Topliss-reactive ketones (excluding diaryl/α,β-unsaturated/α-hetero) is 1. The fourth-order valence-corrected chi connectivity index (χ4v) is 2.66. The van der Waals surface area contributed by atoms with Gasteiger partial charge in [-0.3, -0.25) is 4.79 Å². The first-order valence-corrected chi connectivity index (χ1v) is 6.46. The van der Waals surface area contributed by atoms with Gasteiger partial charge in [0, 0.05) is 4.88 Å². The molecule has 0 fully saturated rings. The Morgan fingerprint density at radius 2 is 1.85 bits per heavy atom. The van der Waals surface area contributed by atoms with E-state index in [0.29, 0.717) is 5.56 Å². The van der Waals surface area contributed by atoms with Crippen LogP contribution in [0.5, 0.6) is 0 Å². The summed E-state index contributed by atoms with van der Waals surface area (Å²) in [5.74, 6) is -3.82. The van der Waals surface area contributed by atoms with Gasteiger partial charge in [0.15, 0.2) is 0 Å². The van der Waals surface area contributed by atoms with E-state index >= 15 is 0 Å². The Labute approximate surface area is 117 Å². The summed E-state index contributed by atoms with van der Waals surface area (Å²) in [5.41, 5.74) is 1.52. The van der Waals surface area contributed by atoms with Crippen LogP contribution in [0.3, 0.4) is 0 Å². The largest absolute Gasteiger partial charge is 0.451 e. The molecule has 2 nitrogen and oxygen atoms in total. The van der Waals surface area contributed by atoms with Crippen LogP contribution in [-0.4, -0.2) is 12.0 Å². The van der Waals surface area contributed by atoms with E-state index in [1.165, 1.54) is 12.1 Å². The van der Waals surface area contributed by atoms with E-state index in [9.17, 15) is 18.0 Å². The fraction of sp³-hybridized carbons (Fsp3) is 0.143. The highest BCUT2D eigenvalue weighted by molar-refractivity contribution is 7.10. The molecule has 0 amide bonds. The second-order valence-electron chi connectivity index (χ2n) is 4.03. The number of thiophene rings is 1. The van der Waals surface area contributed by atoms with Gasteiger partial charge in [0.2, 0.25) is 0 Å². The van der Waals surface area contributed by atoms with Crippen molar-refractivity contribution in [2.24, 2.45) is 0 Å². The highest BCUT2D eigenvalue weighted by atomic mass is 32.1. The highest BCUT2D eigenvalue weighted by Crippen LogP contribution is 2.34. The van der Waals surface area contributed by atoms with Crippen molar-refractivity contribution in [1.82, 2.24) is 0 Å². The van der Waals surface area contributed by atoms with Gasteiger partial charge in [-0.1, -0.05) is 30.3 Å². The Balaban J connectivity index is 2.33. The molecule has 1 aromatic heterocycles. The quantitative estimate of drug-likeness (QED) is 0.853. The SMILES string of the molecule is N#CC(C(=O)C(F)(F)F)c1cc(-c2ccccc2)cs1. The first-order chi connectivity index (χ1) is 9.43. The van der Waals surface area contributed by atoms with Gasteiger partial charge in [-0.25, -0.2) is 0 Å². The number of alkyl halides is 3. The van der Waals surface area contributed by atoms with Crippen molar-refractivity contribution >= 4 is 17.1 Å². The van der Waals surface area contributed by atoms with Crippen LogP contribution in [0.25, 0.3) is 11.1 Å². The molecule has 102 valence electrons. The maximum Gasteiger partial charge on any atom is 0.451 e. The lowest BCUT2D eigenvalue weighted by Crippen LogP contribution is -2.28. The zero-order valence-corrected chi connectivity index (χ0v) is 10.8. The molecule has 1 atom stereocenters. The molecule has 1 heterocycles. The molecule has 2 rings (SSSR count). The number of halogens is 3. The molecule has 20 heavy (non-hydrogen) atoms. The summed E-state index contributed by atoms with van der Waals surface area (Å²) < 4.78 is 37.2. The molecule has 1 aromatic carbocycles. The molecular formula is C14H8F3NOS. The molecule has 0 saturated carbocycles. The van der Waals surface area contributed by atoms with Gasteiger partial charge in [-0.2, -0.15) is 18.4 Å². The van der Waals surface area contributed by atoms with Gasteiger partial charge < -0.3 is 0 Å². The molecule has 0 N–H and O–H groups in total. The summed E-state index contributed by atoms with van der Waals surface area (Å²) in [6.07, 6.45) is -5.00. The predicted octanol–water partition coefficient (Wildman–Crippen LogP) is 4.15. The third-order valence-corrected chi connectivity index (χ3v) is 3.68. The van der Waals surface area contributed by atoms with Crippen molar-refractivity contribution < 1.29 is 18.0 Å². The van der Waals surface area contributed by atoms with Crippen LogP contribution in [0.2, 0.25) is 0 Å². The number of benzene rings is 1. The highest BCUT2D eigenvalue weighted by Gasteiger charge is 2.44. The minimum atomic E-state index is -5.00. The number of ketones is 1. The van der Waals surface area contributed by atoms with Gasteiger partial charge in [-0.05, 0) is 22.6 Å². The molecular weight excluding hydrogens is 287 g/mol. The van der Waals surface area contributed by atoms with E-state index in [2.05, 4.69) is 0 Å². The van der Waals surface area contributed by atoms with E-state index in [-0.39, 0.29) is 4.88 Å². The Morgan fingerprint density at radius 1 is 1.20 bits per heavy atom. The number of hydrogen-bond acceptors (Lipinski definition) is 3. The molecule has 2 aromatic rings. The van der Waals surface area contributed by atoms with Crippen molar-refractivity contribution in [3.63, 3.8) is 0 Å². The van der Waals surface area contributed by atoms with E-state index in [1.54, 1.807) is 29.6 Å². The van der Waals surface area contributed by atoms with E-state index in [1.807, 2.05) is 6.07 Å². The maximum absolute atomic E-state index is 12.4. The topological polar surface area (TPSA) is 40.9 Å². The Bertz CT molecular complexity index is 655. The fourth-order valence-electron chi connectivity index (χ4n) is 1.70. The third kappa shape index (κ3) is 2.89. The Morgan fingerprint density at radius 3 is 2.40 bits per heavy atom. The monoisotopic (exact) mass is 295 g/mol. The molecule has 6 heteroatoms. The van der Waals surface area contributed by atoms with Crippen LogP contribution >= 0.6 is 11.3 Å². The van der Waals surface area contributed by atoms with Gasteiger partial charge in [0.25, 0.3) is 5.78 Å². The average molecular weight is 295 g/mol. The molecule has 0 aliphatic heterocycles. The van der Waals surface area contributed by atoms with E-state index in [4.69, 9.17) is 5.26 Å². The smallest absolute Gasteiger partial charge is 0.288 e. The molecule has 0 bridgehead atoms. The van der Waals surface area contributed by atoms with Crippen molar-refractivity contribution in [2.75, 3.05) is 0 Å². The van der Waals surface area contributed by atoms with Crippen molar-refractivity contribution in [3.05, 3.63) is 46.7 Å².